The lowest BCUT2D eigenvalue weighted by atomic mass is 9.42. The maximum atomic E-state index is 12.6. The maximum Gasteiger partial charge on any atom is 0.397 e. The molecule has 9 fully saturated rings. The Balaban J connectivity index is 0.784. The van der Waals surface area contributed by atoms with Gasteiger partial charge in [0.1, 0.15) is 12.2 Å². The molecule has 0 amide bonds. The predicted octanol–water partition coefficient (Wildman–Crippen LogP) is 8.82. The van der Waals surface area contributed by atoms with E-state index in [0.29, 0.717) is 36.5 Å². The third kappa shape index (κ3) is 7.39. The summed E-state index contributed by atoms with van der Waals surface area (Å²) in [6.45, 7) is 22.1. The van der Waals surface area contributed by atoms with Gasteiger partial charge in [-0.05, 0) is 162 Å². The minimum absolute atomic E-state index is 0.0312. The van der Waals surface area contributed by atoms with Crippen molar-refractivity contribution in [3.8, 4) is 0 Å². The minimum Gasteiger partial charge on any atom is -0.387 e. The summed E-state index contributed by atoms with van der Waals surface area (Å²) in [5.74, 6) is -2.53. The monoisotopic (exact) mass is 1090 g/mol. The average Bonchev–Trinajstić information content (AvgIpc) is 4.01. The first-order valence-corrected chi connectivity index (χ1v) is 31.6. The first-order valence-electron chi connectivity index (χ1n) is 28.9. The summed E-state index contributed by atoms with van der Waals surface area (Å²) in [4.78, 5) is 0. The van der Waals surface area contributed by atoms with E-state index in [9.17, 15) is 46.4 Å². The van der Waals surface area contributed by atoms with E-state index in [-0.39, 0.29) is 72.3 Å². The molecule has 0 aromatic heterocycles. The fourth-order valence-electron chi connectivity index (χ4n) is 22.4. The van der Waals surface area contributed by atoms with Gasteiger partial charge in [-0.15, -0.1) is 0 Å². The van der Waals surface area contributed by atoms with Gasteiger partial charge in [-0.1, -0.05) is 96.3 Å². The summed E-state index contributed by atoms with van der Waals surface area (Å²) in [6, 6.07) is 0. The van der Waals surface area contributed by atoms with Crippen molar-refractivity contribution >= 4 is 20.8 Å². The fraction of sp³-hybridized carbons (Fsp3) is 0.897. The van der Waals surface area contributed by atoms with Gasteiger partial charge in [0.15, 0.2) is 11.6 Å². The highest BCUT2D eigenvalue weighted by Crippen LogP contribution is 2.74. The van der Waals surface area contributed by atoms with Crippen molar-refractivity contribution in [1.82, 2.24) is 0 Å². The van der Waals surface area contributed by atoms with Gasteiger partial charge >= 0.3 is 20.8 Å². The minimum atomic E-state index is -4.84. The van der Waals surface area contributed by atoms with Gasteiger partial charge in [-0.3, -0.25) is 9.11 Å². The fourth-order valence-corrected chi connectivity index (χ4v) is 23.4. The highest BCUT2D eigenvalue weighted by Gasteiger charge is 2.76. The van der Waals surface area contributed by atoms with Crippen LogP contribution in [0.3, 0.4) is 0 Å². The number of hydrogen-bond donors (Lipinski definition) is 6. The van der Waals surface area contributed by atoms with Crippen LogP contribution in [0.5, 0.6) is 0 Å². The van der Waals surface area contributed by atoms with Crippen LogP contribution >= 0.6 is 0 Å². The van der Waals surface area contributed by atoms with Crippen LogP contribution in [0, 0.1) is 91.2 Å². The Morgan fingerprint density at radius 2 is 1.16 bits per heavy atom. The van der Waals surface area contributed by atoms with E-state index in [1.54, 1.807) is 0 Å². The number of fused-ring (bicyclic) bond motifs is 10. The molecule has 2 spiro atoms. The molecule has 4 unspecified atom stereocenters. The van der Waals surface area contributed by atoms with Gasteiger partial charge in [-0.25, -0.2) is 8.37 Å². The van der Waals surface area contributed by atoms with Crippen molar-refractivity contribution in [2.75, 3.05) is 13.2 Å². The molecule has 5 heterocycles. The second kappa shape index (κ2) is 16.9. The lowest BCUT2D eigenvalue weighted by Gasteiger charge is -2.69. The van der Waals surface area contributed by atoms with Gasteiger partial charge in [0.2, 0.25) is 0 Å². The Kier molecular flexibility index (Phi) is 12.2. The zero-order chi connectivity index (χ0) is 54.0. The number of ether oxygens (including phenoxy) is 3. The molecule has 14 rings (SSSR count). The topological polar surface area (TPSA) is 236 Å². The summed E-state index contributed by atoms with van der Waals surface area (Å²) in [6.07, 6.45) is 11.1. The number of allylic oxidation sites excluding steroid dienone is 1. The van der Waals surface area contributed by atoms with Gasteiger partial charge in [0, 0.05) is 38.9 Å². The Labute approximate surface area is 446 Å². The van der Waals surface area contributed by atoms with E-state index < -0.39 is 90.3 Å². The van der Waals surface area contributed by atoms with Gasteiger partial charge in [0.05, 0.1) is 37.6 Å². The van der Waals surface area contributed by atoms with E-state index in [1.165, 1.54) is 27.9 Å². The molecule has 6 bridgehead atoms. The Morgan fingerprint density at radius 1 is 0.693 bits per heavy atom. The van der Waals surface area contributed by atoms with Crippen LogP contribution in [0.4, 0.5) is 0 Å². The maximum absolute atomic E-state index is 12.6. The molecule has 0 radical (unpaired) electrons. The van der Waals surface area contributed by atoms with Gasteiger partial charge < -0.3 is 34.6 Å². The average molecular weight is 1090 g/mol. The third-order valence-electron chi connectivity index (χ3n) is 25.5. The van der Waals surface area contributed by atoms with Crippen molar-refractivity contribution in [2.24, 2.45) is 91.2 Å². The number of hydrogen-bond acceptors (Lipinski definition) is 13. The second-order valence-electron chi connectivity index (χ2n) is 29.3. The number of rotatable bonds is 10. The first kappa shape index (κ1) is 54.3. The van der Waals surface area contributed by atoms with Gasteiger partial charge in [-0.2, -0.15) is 16.8 Å². The predicted molar refractivity (Wildman–Crippen MR) is 277 cm³/mol. The van der Waals surface area contributed by atoms with Crippen LogP contribution < -0.4 is 0 Å². The molecule has 75 heavy (non-hydrogen) atoms. The molecule has 17 heteroatoms. The van der Waals surface area contributed by atoms with E-state index in [1.807, 2.05) is 27.7 Å². The van der Waals surface area contributed by atoms with E-state index in [4.69, 9.17) is 22.6 Å². The van der Waals surface area contributed by atoms with Crippen LogP contribution in [-0.4, -0.2) is 108 Å². The molecule has 15 nitrogen and oxygen atoms in total. The van der Waals surface area contributed by atoms with Crippen molar-refractivity contribution in [1.29, 1.82) is 0 Å². The highest BCUT2D eigenvalue weighted by atomic mass is 32.3. The molecule has 6 N–H and O–H groups in total. The highest BCUT2D eigenvalue weighted by molar-refractivity contribution is 7.81. The van der Waals surface area contributed by atoms with Crippen molar-refractivity contribution in [3.63, 3.8) is 0 Å². The Bertz CT molecular complexity index is 2720. The van der Waals surface area contributed by atoms with Crippen LogP contribution in [0.25, 0.3) is 0 Å². The summed E-state index contributed by atoms with van der Waals surface area (Å²) in [7, 11) is -9.66. The van der Waals surface area contributed by atoms with Gasteiger partial charge in [0.25, 0.3) is 0 Å². The van der Waals surface area contributed by atoms with E-state index in [0.717, 1.165) is 77.0 Å². The summed E-state index contributed by atoms with van der Waals surface area (Å²) in [5.41, 5.74) is 2.53. The molecular formula is C58H88O15S2. The Hall–Kier alpha value is -1.32. The molecule has 5 saturated heterocycles. The van der Waals surface area contributed by atoms with E-state index >= 15 is 0 Å². The standard InChI is InChI=1S/C58H88O15S2/c1-30(36-12-14-38-34-22-43(72-74(63,64)65)48-50(4,5)57(61)45(59)26-55(48,28-69-57)40(34)17-19-53(36,38)9)11-16-47-52(8)24-31(2)33(25-52)21-42(71-47)32(3)37-13-15-39-35-23-44(73-75(66,67)68)49-51(6,7)58(62)46(60)27-56(49,29-70-58)41(35)18-20-54(37,39)10/h24,30,32-33,36-39,42-49,59-62H,11-23,25-29H2,1-10H3,(H,63,64,65)(H,66,67,68)/t30-,32+,33-,36-,37-,38?,39?,42-,43+,44+,45+,46+,47+,48?,49?,52-,53-,54-,55+,56+,57+,58+/m1/s1. The van der Waals surface area contributed by atoms with Crippen molar-refractivity contribution in [2.45, 2.75) is 220 Å². The number of aliphatic hydroxyl groups is 4. The summed E-state index contributed by atoms with van der Waals surface area (Å²) >= 11 is 0. The largest absolute Gasteiger partial charge is 0.397 e. The van der Waals surface area contributed by atoms with Crippen LogP contribution in [0.15, 0.2) is 33.9 Å². The van der Waals surface area contributed by atoms with Crippen LogP contribution in [0.2, 0.25) is 0 Å². The lowest BCUT2D eigenvalue weighted by molar-refractivity contribution is -0.408. The number of aliphatic hydroxyl groups excluding tert-OH is 2. The molecule has 22 atom stereocenters. The quantitative estimate of drug-likeness (QED) is 0.0886. The molecule has 0 aromatic carbocycles. The lowest BCUT2D eigenvalue weighted by Crippen LogP contribution is -2.76. The first-order chi connectivity index (χ1) is 34.7. The molecule has 4 saturated carbocycles. The smallest absolute Gasteiger partial charge is 0.387 e. The Morgan fingerprint density at radius 3 is 1.63 bits per heavy atom. The molecule has 9 aliphatic carbocycles. The molecule has 5 aliphatic heterocycles. The zero-order valence-corrected chi connectivity index (χ0v) is 47.8. The third-order valence-corrected chi connectivity index (χ3v) is 26.5. The molecule has 0 aromatic rings. The molecular weight excluding hydrogens is 1000 g/mol. The van der Waals surface area contributed by atoms with Crippen molar-refractivity contribution < 1.29 is 68.9 Å². The van der Waals surface area contributed by atoms with Crippen LogP contribution in [0.1, 0.15) is 172 Å². The van der Waals surface area contributed by atoms with Crippen LogP contribution in [-0.2, 0) is 43.4 Å². The van der Waals surface area contributed by atoms with E-state index in [2.05, 4.69) is 47.6 Å². The molecule has 14 aliphatic rings. The van der Waals surface area contributed by atoms with Crippen molar-refractivity contribution in [3.05, 3.63) is 33.9 Å². The SMILES string of the molecule is CC1=C[C@]2(C)C[C@H]1C[C@H]([C@@H](C)[C@H]1CCC3C4=C(CC[C@@]31C)[C@@]13CO[C@@](O)([C@@H](O)C1)C(C)(C)C3[C@@H](OS(=O)(=O)O)C4)O[C@H]2CC[C@@H](C)[C@H]1CCC2C3=C(CC[C@@]21C)[C@@]12CO[C@@](O)([C@@H](O)C1)C(C)(C)C2[C@@H](OS(=O)(=O)O)C3. The second-order valence-corrected chi connectivity index (χ2v) is 31.3. The summed E-state index contributed by atoms with van der Waals surface area (Å²) in [5, 5.41) is 46.5. The molecule has 422 valence electrons. The normalized spacial score (nSPS) is 52.0. The summed E-state index contributed by atoms with van der Waals surface area (Å²) < 4.78 is 102. The zero-order valence-electron chi connectivity index (χ0n) is 46.1.